The number of nitrogens with one attached hydrogen (secondary N) is 3. The third kappa shape index (κ3) is 10.2. The van der Waals surface area contributed by atoms with E-state index in [9.17, 15) is 13.2 Å². The second-order valence-corrected chi connectivity index (χ2v) is 8.65. The predicted molar refractivity (Wildman–Crippen MR) is 135 cm³/mol. The molecule has 2 rings (SSSR count). The van der Waals surface area contributed by atoms with Crippen LogP contribution in [0, 0.1) is 0 Å². The van der Waals surface area contributed by atoms with E-state index in [1.165, 1.54) is 26.3 Å². The average molecular weight is 502 g/mol. The van der Waals surface area contributed by atoms with Gasteiger partial charge in [0.15, 0.2) is 5.11 Å². The summed E-state index contributed by atoms with van der Waals surface area (Å²) in [4.78, 5) is 12.0. The molecule has 0 saturated heterocycles. The van der Waals surface area contributed by atoms with Gasteiger partial charge in [-0.25, -0.2) is 8.42 Å². The van der Waals surface area contributed by atoms with E-state index in [0.29, 0.717) is 25.1 Å². The Hall–Kier alpha value is -1.95. The maximum atomic E-state index is 12.8. The van der Waals surface area contributed by atoms with Crippen molar-refractivity contribution in [1.82, 2.24) is 15.4 Å². The molecule has 11 heteroatoms. The maximum absolute atomic E-state index is 12.8. The Morgan fingerprint density at radius 1 is 1.12 bits per heavy atom. The second kappa shape index (κ2) is 15.0. The number of amides is 1. The monoisotopic (exact) mass is 501 g/mol. The van der Waals surface area contributed by atoms with Crippen LogP contribution in [0.25, 0.3) is 6.08 Å². The molecule has 0 heterocycles. The SMILES string of the molecule is CNC(=S)NS(=O)(=O)c1cc(CCNC(=O)/C=C/c2ccccc2)ccc1OCCOC.[NaH]. The summed E-state index contributed by atoms with van der Waals surface area (Å²) in [6.45, 7) is 0.842. The third-order valence-electron chi connectivity index (χ3n) is 4.24. The van der Waals surface area contributed by atoms with Crippen molar-refractivity contribution in [2.75, 3.05) is 33.9 Å². The van der Waals surface area contributed by atoms with Crippen LogP contribution in [-0.4, -0.2) is 82.9 Å². The van der Waals surface area contributed by atoms with Crippen LogP contribution in [-0.2, 0) is 26.0 Å². The summed E-state index contributed by atoms with van der Waals surface area (Å²) in [5.74, 6) is -0.0470. The summed E-state index contributed by atoms with van der Waals surface area (Å²) >= 11 is 4.93. The Morgan fingerprint density at radius 2 is 1.85 bits per heavy atom. The van der Waals surface area contributed by atoms with Crippen molar-refractivity contribution in [1.29, 1.82) is 0 Å². The van der Waals surface area contributed by atoms with Crippen LogP contribution < -0.4 is 20.1 Å². The van der Waals surface area contributed by atoms with Crippen LogP contribution >= 0.6 is 12.2 Å². The van der Waals surface area contributed by atoms with Crippen molar-refractivity contribution in [3.8, 4) is 5.75 Å². The van der Waals surface area contributed by atoms with Crippen molar-refractivity contribution < 1.29 is 22.7 Å². The molecule has 1 amide bonds. The van der Waals surface area contributed by atoms with Crippen molar-refractivity contribution in [2.45, 2.75) is 11.3 Å². The summed E-state index contributed by atoms with van der Waals surface area (Å²) in [5.41, 5.74) is 1.64. The number of hydrogen-bond acceptors (Lipinski definition) is 6. The van der Waals surface area contributed by atoms with Gasteiger partial charge in [-0.15, -0.1) is 0 Å². The third-order valence-corrected chi connectivity index (χ3v) is 6.04. The topological polar surface area (TPSA) is 106 Å². The van der Waals surface area contributed by atoms with Gasteiger partial charge in [0.25, 0.3) is 10.0 Å². The zero-order valence-electron chi connectivity index (χ0n) is 18.0. The molecular formula is C22H28N3NaO5S2. The van der Waals surface area contributed by atoms with Crippen LogP contribution in [0.4, 0.5) is 0 Å². The molecule has 0 saturated carbocycles. The first-order chi connectivity index (χ1) is 15.4. The van der Waals surface area contributed by atoms with E-state index in [-0.39, 0.29) is 57.8 Å². The number of thiocarbonyl (C=S) groups is 1. The quantitative estimate of drug-likeness (QED) is 0.184. The first-order valence-corrected chi connectivity index (χ1v) is 11.7. The van der Waals surface area contributed by atoms with Gasteiger partial charge in [0, 0.05) is 26.8 Å². The number of benzene rings is 2. The number of hydrogen-bond donors (Lipinski definition) is 3. The van der Waals surface area contributed by atoms with E-state index in [0.717, 1.165) is 5.56 Å². The van der Waals surface area contributed by atoms with Gasteiger partial charge in [-0.05, 0) is 48.0 Å². The normalized spacial score (nSPS) is 10.8. The Kier molecular flexibility index (Phi) is 13.3. The van der Waals surface area contributed by atoms with E-state index >= 15 is 0 Å². The van der Waals surface area contributed by atoms with Crippen molar-refractivity contribution in [3.63, 3.8) is 0 Å². The van der Waals surface area contributed by atoms with E-state index in [1.807, 2.05) is 30.3 Å². The van der Waals surface area contributed by atoms with Gasteiger partial charge in [-0.3, -0.25) is 9.52 Å². The Bertz CT molecular complexity index is 1050. The van der Waals surface area contributed by atoms with Crippen molar-refractivity contribution in [2.24, 2.45) is 0 Å². The summed E-state index contributed by atoms with van der Waals surface area (Å²) in [5, 5.41) is 5.33. The summed E-state index contributed by atoms with van der Waals surface area (Å²) in [6, 6.07) is 14.3. The second-order valence-electron chi connectivity index (χ2n) is 6.59. The van der Waals surface area contributed by atoms with Gasteiger partial charge in [0.2, 0.25) is 5.91 Å². The van der Waals surface area contributed by atoms with Crippen molar-refractivity contribution >= 4 is 68.9 Å². The van der Waals surface area contributed by atoms with Gasteiger partial charge in [-0.1, -0.05) is 36.4 Å². The van der Waals surface area contributed by atoms with E-state index in [1.54, 1.807) is 18.2 Å². The van der Waals surface area contributed by atoms with Crippen LogP contribution in [0.15, 0.2) is 59.5 Å². The van der Waals surface area contributed by atoms with Crippen LogP contribution in [0.2, 0.25) is 0 Å². The molecule has 0 spiro atoms. The molecule has 0 aliphatic rings. The fourth-order valence-electron chi connectivity index (χ4n) is 2.63. The summed E-state index contributed by atoms with van der Waals surface area (Å²) < 4.78 is 38.4. The molecule has 0 bridgehead atoms. The molecular weight excluding hydrogens is 473 g/mol. The van der Waals surface area contributed by atoms with Gasteiger partial charge >= 0.3 is 29.6 Å². The molecule has 174 valence electrons. The average Bonchev–Trinajstić information content (AvgIpc) is 2.79. The Labute approximate surface area is 222 Å². The number of carbonyl (C=O) groups excluding carboxylic acids is 1. The number of carbonyl (C=O) groups is 1. The molecule has 0 unspecified atom stereocenters. The van der Waals surface area contributed by atoms with Crippen LogP contribution in [0.3, 0.4) is 0 Å². The van der Waals surface area contributed by atoms with E-state index in [2.05, 4.69) is 15.4 Å². The minimum absolute atomic E-state index is 0. The molecule has 33 heavy (non-hydrogen) atoms. The van der Waals surface area contributed by atoms with Crippen molar-refractivity contribution in [3.05, 3.63) is 65.7 Å². The number of ether oxygens (including phenoxy) is 2. The number of methoxy groups -OCH3 is 1. The summed E-state index contributed by atoms with van der Waals surface area (Å²) in [7, 11) is -0.912. The summed E-state index contributed by atoms with van der Waals surface area (Å²) in [6.07, 6.45) is 3.62. The molecule has 3 N–H and O–H groups in total. The fourth-order valence-corrected chi connectivity index (χ4v) is 4.11. The van der Waals surface area contributed by atoms with E-state index < -0.39 is 10.0 Å². The first kappa shape index (κ1) is 29.1. The first-order valence-electron chi connectivity index (χ1n) is 9.86. The molecule has 0 aliphatic carbocycles. The fraction of sp³-hybridized carbons (Fsp3) is 0.273. The molecule has 0 aromatic heterocycles. The van der Waals surface area contributed by atoms with Gasteiger partial charge in [0.1, 0.15) is 17.3 Å². The van der Waals surface area contributed by atoms with Gasteiger partial charge in [0.05, 0.1) is 6.61 Å². The Morgan fingerprint density at radius 3 is 2.52 bits per heavy atom. The standard InChI is InChI=1S/C22H27N3O5S2.Na.H/c1-23-22(31)25-32(27,28)20-16-18(8-10-19(20)30-15-14-29-2)12-13-24-21(26)11-9-17-6-4-3-5-7-17;;/h3-11,16H,12-15H2,1-2H3,(H,24,26)(H2,23,25,31);;/b11-9+;;. The van der Waals surface area contributed by atoms with Gasteiger partial charge in [-0.2, -0.15) is 0 Å². The molecule has 0 fully saturated rings. The minimum atomic E-state index is -3.96. The molecule has 2 aromatic rings. The van der Waals surface area contributed by atoms with Crippen LogP contribution in [0.5, 0.6) is 5.75 Å². The molecule has 8 nitrogen and oxygen atoms in total. The molecule has 0 atom stereocenters. The van der Waals surface area contributed by atoms with Crippen LogP contribution in [0.1, 0.15) is 11.1 Å². The molecule has 0 radical (unpaired) electrons. The predicted octanol–water partition coefficient (Wildman–Crippen LogP) is 1.22. The molecule has 2 aromatic carbocycles. The van der Waals surface area contributed by atoms with Gasteiger partial charge < -0.3 is 20.1 Å². The Balaban J connectivity index is 0.00000544. The zero-order valence-corrected chi connectivity index (χ0v) is 19.6. The number of rotatable bonds is 11. The number of sulfonamides is 1. The molecule has 0 aliphatic heterocycles. The van der Waals surface area contributed by atoms with E-state index in [4.69, 9.17) is 21.7 Å². The zero-order chi connectivity index (χ0) is 23.4.